The fourth-order valence-electron chi connectivity index (χ4n) is 3.64. The first-order chi connectivity index (χ1) is 9.13. The molecule has 0 bridgehead atoms. The standard InChI is InChI=1S/C15H30N2OS/c1-4-8-16-15-5-9-17(13(3)12(15)2)14-6-10-19(18)11-7-14/h12-16H,4-11H2,1-3H3. The monoisotopic (exact) mass is 286 g/mol. The third-order valence-electron chi connectivity index (χ3n) is 5.10. The first kappa shape index (κ1) is 15.5. The van der Waals surface area contributed by atoms with E-state index in [-0.39, 0.29) is 0 Å². The van der Waals surface area contributed by atoms with Crippen molar-refractivity contribution in [3.63, 3.8) is 0 Å². The lowest BCUT2D eigenvalue weighted by molar-refractivity contribution is 0.0430. The smallest absolute Gasteiger partial charge is 0.0249 e. The number of piperidine rings is 1. The summed E-state index contributed by atoms with van der Waals surface area (Å²) in [5.74, 6) is 2.55. The van der Waals surface area contributed by atoms with E-state index in [1.165, 1.54) is 19.4 Å². The van der Waals surface area contributed by atoms with Crippen LogP contribution in [0.4, 0.5) is 0 Å². The largest absolute Gasteiger partial charge is 0.314 e. The van der Waals surface area contributed by atoms with E-state index in [0.717, 1.165) is 30.9 Å². The summed E-state index contributed by atoms with van der Waals surface area (Å²) in [6.45, 7) is 9.37. The summed E-state index contributed by atoms with van der Waals surface area (Å²) in [4.78, 5) is 2.70. The van der Waals surface area contributed by atoms with Crippen molar-refractivity contribution in [2.75, 3.05) is 24.6 Å². The summed E-state index contributed by atoms with van der Waals surface area (Å²) >= 11 is 0. The second-order valence-corrected chi connectivity index (χ2v) is 7.96. The van der Waals surface area contributed by atoms with Gasteiger partial charge in [0, 0.05) is 47.0 Å². The van der Waals surface area contributed by atoms with E-state index >= 15 is 0 Å². The van der Waals surface area contributed by atoms with Gasteiger partial charge in [-0.2, -0.15) is 0 Å². The van der Waals surface area contributed by atoms with E-state index in [2.05, 4.69) is 31.0 Å². The number of nitrogens with zero attached hydrogens (tertiary/aromatic N) is 1. The zero-order chi connectivity index (χ0) is 13.8. The van der Waals surface area contributed by atoms with Gasteiger partial charge in [-0.05, 0) is 45.1 Å². The minimum absolute atomic E-state index is 0.536. The van der Waals surface area contributed by atoms with Crippen molar-refractivity contribution in [1.29, 1.82) is 0 Å². The Balaban J connectivity index is 1.89. The van der Waals surface area contributed by atoms with Crippen molar-refractivity contribution in [3.8, 4) is 0 Å². The molecule has 4 heteroatoms. The van der Waals surface area contributed by atoms with Crippen LogP contribution in [0.15, 0.2) is 0 Å². The van der Waals surface area contributed by atoms with E-state index in [0.29, 0.717) is 24.0 Å². The molecule has 2 heterocycles. The van der Waals surface area contributed by atoms with Gasteiger partial charge in [-0.1, -0.05) is 13.8 Å². The van der Waals surface area contributed by atoms with Gasteiger partial charge in [0.25, 0.3) is 0 Å². The quantitative estimate of drug-likeness (QED) is 0.858. The lowest BCUT2D eigenvalue weighted by Gasteiger charge is -2.47. The summed E-state index contributed by atoms with van der Waals surface area (Å²) < 4.78 is 11.5. The fourth-order valence-corrected chi connectivity index (χ4v) is 4.91. The first-order valence-electron chi connectivity index (χ1n) is 7.97. The molecular formula is C15H30N2OS. The average Bonchev–Trinajstić information content (AvgIpc) is 2.42. The predicted octanol–water partition coefficient (Wildman–Crippen LogP) is 2.00. The Hall–Kier alpha value is 0.0700. The number of nitrogens with one attached hydrogen (secondary N) is 1. The zero-order valence-electron chi connectivity index (χ0n) is 12.7. The third-order valence-corrected chi connectivity index (χ3v) is 6.48. The van der Waals surface area contributed by atoms with Crippen LogP contribution >= 0.6 is 0 Å². The van der Waals surface area contributed by atoms with Crippen molar-refractivity contribution in [2.45, 2.75) is 64.6 Å². The molecule has 0 amide bonds. The molecule has 0 aromatic carbocycles. The summed E-state index contributed by atoms with van der Waals surface area (Å²) in [6.07, 6.45) is 4.76. The van der Waals surface area contributed by atoms with Crippen LogP contribution in [-0.2, 0) is 10.8 Å². The highest BCUT2D eigenvalue weighted by molar-refractivity contribution is 7.85. The average molecular weight is 286 g/mol. The molecule has 2 saturated heterocycles. The molecule has 19 heavy (non-hydrogen) atoms. The summed E-state index contributed by atoms with van der Waals surface area (Å²) in [7, 11) is -0.536. The van der Waals surface area contributed by atoms with Crippen molar-refractivity contribution in [2.24, 2.45) is 5.92 Å². The predicted molar refractivity (Wildman–Crippen MR) is 82.9 cm³/mol. The summed E-state index contributed by atoms with van der Waals surface area (Å²) in [5, 5.41) is 3.71. The molecule has 3 unspecified atom stereocenters. The molecule has 112 valence electrons. The topological polar surface area (TPSA) is 32.3 Å². The van der Waals surface area contributed by atoms with Crippen molar-refractivity contribution in [3.05, 3.63) is 0 Å². The Morgan fingerprint density at radius 1 is 1.21 bits per heavy atom. The van der Waals surface area contributed by atoms with Crippen molar-refractivity contribution in [1.82, 2.24) is 10.2 Å². The van der Waals surface area contributed by atoms with Gasteiger partial charge in [0.05, 0.1) is 0 Å². The molecule has 3 atom stereocenters. The SMILES string of the molecule is CCCNC1CCN(C2CCS(=O)CC2)C(C)C1C. The maximum absolute atomic E-state index is 11.5. The molecule has 0 spiro atoms. The molecule has 0 saturated carbocycles. The number of rotatable bonds is 4. The molecule has 1 N–H and O–H groups in total. The van der Waals surface area contributed by atoms with Gasteiger partial charge in [-0.3, -0.25) is 9.11 Å². The van der Waals surface area contributed by atoms with Gasteiger partial charge in [-0.15, -0.1) is 0 Å². The molecule has 2 aliphatic heterocycles. The highest BCUT2D eigenvalue weighted by atomic mass is 32.2. The van der Waals surface area contributed by atoms with Gasteiger partial charge in [0.15, 0.2) is 0 Å². The van der Waals surface area contributed by atoms with Crippen LogP contribution in [0.2, 0.25) is 0 Å². The molecule has 3 nitrogen and oxygen atoms in total. The molecule has 0 aromatic heterocycles. The fraction of sp³-hybridized carbons (Fsp3) is 1.00. The summed E-state index contributed by atoms with van der Waals surface area (Å²) in [5.41, 5.74) is 0. The van der Waals surface area contributed by atoms with Gasteiger partial charge < -0.3 is 5.32 Å². The second-order valence-electron chi connectivity index (χ2n) is 6.27. The molecular weight excluding hydrogens is 256 g/mol. The highest BCUT2D eigenvalue weighted by Gasteiger charge is 2.36. The van der Waals surface area contributed by atoms with Gasteiger partial charge in [-0.25, -0.2) is 0 Å². The Morgan fingerprint density at radius 2 is 1.89 bits per heavy atom. The van der Waals surface area contributed by atoms with Crippen LogP contribution in [0.1, 0.15) is 46.5 Å². The highest BCUT2D eigenvalue weighted by Crippen LogP contribution is 2.29. The van der Waals surface area contributed by atoms with E-state index in [4.69, 9.17) is 0 Å². The number of hydrogen-bond donors (Lipinski definition) is 1. The van der Waals surface area contributed by atoms with E-state index in [9.17, 15) is 4.21 Å². The number of hydrogen-bond acceptors (Lipinski definition) is 3. The molecule has 2 aliphatic rings. The van der Waals surface area contributed by atoms with Crippen LogP contribution in [0, 0.1) is 5.92 Å². The van der Waals surface area contributed by atoms with Gasteiger partial charge in [0.2, 0.25) is 0 Å². The van der Waals surface area contributed by atoms with Gasteiger partial charge >= 0.3 is 0 Å². The summed E-state index contributed by atoms with van der Waals surface area (Å²) in [6, 6.07) is 2.02. The maximum atomic E-state index is 11.5. The molecule has 0 aromatic rings. The Bertz CT molecular complexity index is 301. The Kier molecular flexibility index (Phi) is 5.85. The van der Waals surface area contributed by atoms with E-state index in [1.807, 2.05) is 0 Å². The van der Waals surface area contributed by atoms with Crippen molar-refractivity contribution < 1.29 is 4.21 Å². The third kappa shape index (κ3) is 3.79. The molecule has 0 aliphatic carbocycles. The second kappa shape index (κ2) is 7.19. The van der Waals surface area contributed by atoms with Crippen molar-refractivity contribution >= 4 is 10.8 Å². The van der Waals surface area contributed by atoms with E-state index in [1.54, 1.807) is 0 Å². The number of likely N-dealkylation sites (tertiary alicyclic amines) is 1. The Labute approximate surface area is 121 Å². The van der Waals surface area contributed by atoms with Crippen LogP contribution < -0.4 is 5.32 Å². The van der Waals surface area contributed by atoms with Crippen LogP contribution in [0.25, 0.3) is 0 Å². The van der Waals surface area contributed by atoms with Gasteiger partial charge in [0.1, 0.15) is 0 Å². The lowest BCUT2D eigenvalue weighted by Crippen LogP contribution is -2.57. The maximum Gasteiger partial charge on any atom is 0.0249 e. The van der Waals surface area contributed by atoms with E-state index < -0.39 is 10.8 Å². The molecule has 2 rings (SSSR count). The Morgan fingerprint density at radius 3 is 2.53 bits per heavy atom. The lowest BCUT2D eigenvalue weighted by atomic mass is 9.85. The molecule has 2 fully saturated rings. The van der Waals surface area contributed by atoms with Crippen LogP contribution in [-0.4, -0.2) is 51.8 Å². The normalized spacial score (nSPS) is 41.3. The minimum atomic E-state index is -0.536. The zero-order valence-corrected chi connectivity index (χ0v) is 13.5. The van der Waals surface area contributed by atoms with Crippen LogP contribution in [0.3, 0.4) is 0 Å². The first-order valence-corrected chi connectivity index (χ1v) is 9.46. The minimum Gasteiger partial charge on any atom is -0.314 e. The molecule has 0 radical (unpaired) electrons. The van der Waals surface area contributed by atoms with Crippen LogP contribution in [0.5, 0.6) is 0 Å².